The molecule has 2 aromatic heterocycles. The van der Waals surface area contributed by atoms with Crippen molar-refractivity contribution in [1.29, 1.82) is 0 Å². The van der Waals surface area contributed by atoms with Gasteiger partial charge in [-0.1, -0.05) is 42.2 Å². The quantitative estimate of drug-likeness (QED) is 0.336. The number of rotatable bonds is 8. The Morgan fingerprint density at radius 2 is 2.15 bits per heavy atom. The monoisotopic (exact) mass is 406 g/mol. The summed E-state index contributed by atoms with van der Waals surface area (Å²) in [7, 11) is 0. The molecule has 0 saturated carbocycles. The second-order valence-corrected chi connectivity index (χ2v) is 8.52. The van der Waals surface area contributed by atoms with Gasteiger partial charge in [-0.3, -0.25) is 9.59 Å². The second kappa shape index (κ2) is 9.20. The summed E-state index contributed by atoms with van der Waals surface area (Å²) in [5, 5.41) is 3.83. The van der Waals surface area contributed by atoms with Crippen LogP contribution in [0.25, 0.3) is 10.2 Å². The van der Waals surface area contributed by atoms with E-state index in [9.17, 15) is 9.59 Å². The van der Waals surface area contributed by atoms with Crippen molar-refractivity contribution in [2.24, 2.45) is 0 Å². The Kier molecular flexibility index (Phi) is 6.70. The first-order valence-corrected chi connectivity index (χ1v) is 11.1. The third kappa shape index (κ3) is 5.33. The summed E-state index contributed by atoms with van der Waals surface area (Å²) in [5.41, 5.74) is 1.41. The Balaban J connectivity index is 1.57. The van der Waals surface area contributed by atoms with Crippen LogP contribution in [0.3, 0.4) is 0 Å². The topological polar surface area (TPSA) is 87.7 Å². The number of hydrogen-bond acceptors (Lipinski definition) is 7. The molecule has 136 valence electrons. The minimum atomic E-state index is -0.193. The van der Waals surface area contributed by atoms with Crippen LogP contribution in [0.4, 0.5) is 5.13 Å². The molecule has 26 heavy (non-hydrogen) atoms. The maximum absolute atomic E-state index is 12.2. The summed E-state index contributed by atoms with van der Waals surface area (Å²) in [5.74, 6) is 1.71. The summed E-state index contributed by atoms with van der Waals surface area (Å²) < 4.78 is 1.03. The average Bonchev–Trinajstić information content (AvgIpc) is 3.02. The maximum atomic E-state index is 12.2. The van der Waals surface area contributed by atoms with E-state index in [1.54, 1.807) is 11.8 Å². The van der Waals surface area contributed by atoms with E-state index in [1.165, 1.54) is 29.2 Å². The van der Waals surface area contributed by atoms with Gasteiger partial charge in [0.1, 0.15) is 0 Å². The summed E-state index contributed by atoms with van der Waals surface area (Å²) in [6.45, 7) is 2.11. The molecular formula is C17H18N4O2S3. The van der Waals surface area contributed by atoms with E-state index in [2.05, 4.69) is 27.2 Å². The van der Waals surface area contributed by atoms with Gasteiger partial charge < -0.3 is 10.3 Å². The number of thioether (sulfide) groups is 2. The van der Waals surface area contributed by atoms with Gasteiger partial charge in [0.2, 0.25) is 5.91 Å². The summed E-state index contributed by atoms with van der Waals surface area (Å²) >= 11 is 4.39. The van der Waals surface area contributed by atoms with Crippen LogP contribution in [-0.2, 0) is 10.5 Å². The highest BCUT2D eigenvalue weighted by atomic mass is 32.2. The minimum Gasteiger partial charge on any atom is -0.301 e. The van der Waals surface area contributed by atoms with E-state index in [-0.39, 0.29) is 17.2 Å². The molecule has 2 N–H and O–H groups in total. The lowest BCUT2D eigenvalue weighted by Crippen LogP contribution is -2.15. The number of H-pyrrole nitrogens is 1. The van der Waals surface area contributed by atoms with Crippen LogP contribution in [0.5, 0.6) is 0 Å². The molecule has 0 unspecified atom stereocenters. The van der Waals surface area contributed by atoms with Crippen LogP contribution in [0.2, 0.25) is 0 Å². The second-order valence-electron chi connectivity index (χ2n) is 5.42. The minimum absolute atomic E-state index is 0.157. The predicted molar refractivity (Wildman–Crippen MR) is 110 cm³/mol. The highest BCUT2D eigenvalue weighted by Crippen LogP contribution is 2.25. The molecule has 1 amide bonds. The van der Waals surface area contributed by atoms with E-state index in [1.807, 2.05) is 24.3 Å². The molecule has 6 nitrogen and oxygen atoms in total. The molecule has 9 heteroatoms. The number of nitrogens with one attached hydrogen (secondary N) is 2. The number of hydrogen-bond donors (Lipinski definition) is 2. The zero-order chi connectivity index (χ0) is 18.4. The highest BCUT2D eigenvalue weighted by molar-refractivity contribution is 7.99. The van der Waals surface area contributed by atoms with Crippen molar-refractivity contribution in [1.82, 2.24) is 15.0 Å². The number of anilines is 1. The number of aromatic nitrogens is 3. The molecule has 0 bridgehead atoms. The van der Waals surface area contributed by atoms with Gasteiger partial charge >= 0.3 is 0 Å². The highest BCUT2D eigenvalue weighted by Gasteiger charge is 2.10. The lowest BCUT2D eigenvalue weighted by Gasteiger charge is -2.04. The molecule has 0 aliphatic heterocycles. The third-order valence-corrected chi connectivity index (χ3v) is 6.27. The fraction of sp³-hybridized carbons (Fsp3) is 0.294. The summed E-state index contributed by atoms with van der Waals surface area (Å²) in [4.78, 5) is 35.4. The van der Waals surface area contributed by atoms with Crippen LogP contribution in [0, 0.1) is 0 Å². The van der Waals surface area contributed by atoms with Crippen molar-refractivity contribution in [3.8, 4) is 0 Å². The first kappa shape index (κ1) is 18.9. The number of fused-ring (bicyclic) bond motifs is 1. The van der Waals surface area contributed by atoms with Gasteiger partial charge in [0.25, 0.3) is 5.56 Å². The first-order chi connectivity index (χ1) is 12.6. The van der Waals surface area contributed by atoms with Gasteiger partial charge in [0, 0.05) is 11.8 Å². The molecule has 3 aromatic rings. The Morgan fingerprint density at radius 3 is 2.96 bits per heavy atom. The van der Waals surface area contributed by atoms with E-state index in [0.717, 1.165) is 28.1 Å². The number of nitrogens with zero attached hydrogens (tertiary/aromatic N) is 2. The number of carbonyl (C=O) groups excluding carboxylic acids is 1. The number of benzene rings is 1. The number of aromatic amines is 1. The van der Waals surface area contributed by atoms with Crippen LogP contribution in [0.1, 0.15) is 19.0 Å². The number of carbonyl (C=O) groups is 1. The number of para-hydroxylation sites is 1. The number of amides is 1. The van der Waals surface area contributed by atoms with E-state index in [4.69, 9.17) is 0 Å². The van der Waals surface area contributed by atoms with Crippen molar-refractivity contribution in [3.63, 3.8) is 0 Å². The van der Waals surface area contributed by atoms with Crippen LogP contribution in [0.15, 0.2) is 40.3 Å². The smallest absolute Gasteiger partial charge is 0.251 e. The molecule has 1 aromatic carbocycles. The van der Waals surface area contributed by atoms with Crippen molar-refractivity contribution in [2.75, 3.05) is 16.8 Å². The molecule has 0 aliphatic rings. The lowest BCUT2D eigenvalue weighted by atomic mass is 10.3. The van der Waals surface area contributed by atoms with E-state index >= 15 is 0 Å². The molecule has 0 aliphatic carbocycles. The fourth-order valence-electron chi connectivity index (χ4n) is 2.16. The number of thiazole rings is 1. The largest absolute Gasteiger partial charge is 0.301 e. The van der Waals surface area contributed by atoms with Gasteiger partial charge in [-0.2, -0.15) is 11.8 Å². The Morgan fingerprint density at radius 1 is 1.31 bits per heavy atom. The molecule has 2 heterocycles. The van der Waals surface area contributed by atoms with Gasteiger partial charge in [-0.25, -0.2) is 9.97 Å². The normalized spacial score (nSPS) is 11.0. The molecule has 0 atom stereocenters. The fourth-order valence-corrected chi connectivity index (χ4v) is 4.53. The Hall–Kier alpha value is -1.84. The van der Waals surface area contributed by atoms with Crippen molar-refractivity contribution in [3.05, 3.63) is 46.4 Å². The molecule has 0 spiro atoms. The molecule has 3 rings (SSSR count). The van der Waals surface area contributed by atoms with Gasteiger partial charge in [0.05, 0.1) is 21.7 Å². The van der Waals surface area contributed by atoms with Gasteiger partial charge in [0.15, 0.2) is 10.3 Å². The first-order valence-electron chi connectivity index (χ1n) is 8.10. The predicted octanol–water partition coefficient (Wildman–Crippen LogP) is 3.75. The van der Waals surface area contributed by atoms with Gasteiger partial charge in [-0.05, 0) is 24.3 Å². The molecular weight excluding hydrogens is 388 g/mol. The molecule has 0 saturated heterocycles. The van der Waals surface area contributed by atoms with Crippen molar-refractivity contribution >= 4 is 56.1 Å². The summed E-state index contributed by atoms with van der Waals surface area (Å²) in [6, 6.07) is 9.24. The zero-order valence-corrected chi connectivity index (χ0v) is 16.6. The Labute approximate surface area is 163 Å². The van der Waals surface area contributed by atoms with E-state index in [0.29, 0.717) is 16.0 Å². The van der Waals surface area contributed by atoms with Crippen LogP contribution < -0.4 is 10.9 Å². The average molecular weight is 407 g/mol. The van der Waals surface area contributed by atoms with E-state index < -0.39 is 0 Å². The third-order valence-electron chi connectivity index (χ3n) is 3.25. The zero-order valence-electron chi connectivity index (χ0n) is 14.2. The maximum Gasteiger partial charge on any atom is 0.251 e. The SMILES string of the molecule is CCCSCc1cc(=O)[nH]c(SCC(=O)Nc2nc3ccccc3s2)n1. The van der Waals surface area contributed by atoms with Crippen LogP contribution >= 0.6 is 34.9 Å². The molecule has 0 fully saturated rings. The Bertz CT molecular complexity index is 921. The summed E-state index contributed by atoms with van der Waals surface area (Å²) in [6.07, 6.45) is 1.08. The van der Waals surface area contributed by atoms with Gasteiger partial charge in [-0.15, -0.1) is 0 Å². The lowest BCUT2D eigenvalue weighted by molar-refractivity contribution is -0.113. The van der Waals surface area contributed by atoms with Crippen LogP contribution in [-0.4, -0.2) is 32.4 Å². The standard InChI is InChI=1S/C17H18N4O2S3/c1-2-7-24-9-11-8-14(22)20-16(18-11)25-10-15(23)21-17-19-12-5-3-4-6-13(12)26-17/h3-6,8H,2,7,9-10H2,1H3,(H,18,20,22)(H,19,21,23). The van der Waals surface area contributed by atoms with Crippen molar-refractivity contribution < 1.29 is 4.79 Å². The molecule has 0 radical (unpaired) electrons. The van der Waals surface area contributed by atoms with Crippen molar-refractivity contribution in [2.45, 2.75) is 24.3 Å².